The number of benzene rings is 1. The molecule has 3 nitrogen and oxygen atoms in total. The highest BCUT2D eigenvalue weighted by atomic mass is 35.5. The van der Waals surface area contributed by atoms with Crippen molar-refractivity contribution < 1.29 is 9.47 Å². The fraction of sp³-hybridized carbons (Fsp3) is 0.333. The van der Waals surface area contributed by atoms with Crippen LogP contribution in [0.4, 0.5) is 5.69 Å². The number of hydrogen-bond donors (Lipinski definition) is 1. The van der Waals surface area contributed by atoms with Gasteiger partial charge in [-0.1, -0.05) is 23.2 Å². The van der Waals surface area contributed by atoms with Crippen molar-refractivity contribution in [2.75, 3.05) is 18.9 Å². The van der Waals surface area contributed by atoms with Crippen LogP contribution < -0.4 is 10.5 Å². The Balaban J connectivity index is 2.08. The quantitative estimate of drug-likeness (QED) is 0.645. The molecule has 1 aromatic carbocycles. The first-order valence-corrected chi connectivity index (χ1v) is 4.91. The molecule has 0 aliphatic carbocycles. The first-order chi connectivity index (χ1) is 6.66. The zero-order valence-electron chi connectivity index (χ0n) is 7.30. The normalized spacial score (nSPS) is 19.4. The van der Waals surface area contributed by atoms with Gasteiger partial charge >= 0.3 is 0 Å². The summed E-state index contributed by atoms with van der Waals surface area (Å²) in [4.78, 5) is 0. The summed E-state index contributed by atoms with van der Waals surface area (Å²) >= 11 is 11.7. The maximum absolute atomic E-state index is 5.83. The molecule has 0 saturated carbocycles. The van der Waals surface area contributed by atoms with E-state index in [1.165, 1.54) is 0 Å². The molecule has 1 aliphatic heterocycles. The fourth-order valence-corrected chi connectivity index (χ4v) is 1.46. The highest BCUT2D eigenvalue weighted by molar-refractivity contribution is 6.39. The molecular formula is C9H9Cl2NO2. The lowest BCUT2D eigenvalue weighted by Gasteiger charge is -2.07. The molecule has 0 aromatic heterocycles. The van der Waals surface area contributed by atoms with Gasteiger partial charge in [0.25, 0.3) is 0 Å². The van der Waals surface area contributed by atoms with Gasteiger partial charge < -0.3 is 15.2 Å². The molecule has 0 unspecified atom stereocenters. The first kappa shape index (κ1) is 9.90. The number of hydrogen-bond acceptors (Lipinski definition) is 3. The third-order valence-electron chi connectivity index (χ3n) is 1.89. The molecule has 1 aromatic rings. The minimum atomic E-state index is 0.213. The van der Waals surface area contributed by atoms with Gasteiger partial charge in [0.1, 0.15) is 18.5 Å². The SMILES string of the molecule is Nc1c(Cl)cc(OC[C@@H]2CO2)cc1Cl. The molecule has 1 saturated heterocycles. The number of epoxide rings is 1. The second-order valence-electron chi connectivity index (χ2n) is 3.07. The van der Waals surface area contributed by atoms with Crippen molar-refractivity contribution in [3.63, 3.8) is 0 Å². The maximum atomic E-state index is 5.83. The van der Waals surface area contributed by atoms with Gasteiger partial charge in [-0.25, -0.2) is 0 Å². The van der Waals surface area contributed by atoms with Crippen molar-refractivity contribution in [3.05, 3.63) is 22.2 Å². The third-order valence-corrected chi connectivity index (χ3v) is 2.52. The van der Waals surface area contributed by atoms with Gasteiger partial charge in [-0.2, -0.15) is 0 Å². The summed E-state index contributed by atoms with van der Waals surface area (Å²) in [5, 5.41) is 0.813. The number of anilines is 1. The minimum absolute atomic E-state index is 0.213. The topological polar surface area (TPSA) is 47.8 Å². The largest absolute Gasteiger partial charge is 0.491 e. The Kier molecular flexibility index (Phi) is 2.72. The Morgan fingerprint density at radius 2 is 2.00 bits per heavy atom. The molecule has 1 aliphatic rings. The Labute approximate surface area is 91.7 Å². The molecule has 0 radical (unpaired) electrons. The summed E-state index contributed by atoms with van der Waals surface area (Å²) in [6, 6.07) is 3.29. The van der Waals surface area contributed by atoms with Crippen LogP contribution in [0, 0.1) is 0 Å². The molecule has 0 bridgehead atoms. The highest BCUT2D eigenvalue weighted by Gasteiger charge is 2.23. The summed E-state index contributed by atoms with van der Waals surface area (Å²) in [5.41, 5.74) is 5.95. The van der Waals surface area contributed by atoms with Crippen LogP contribution in [0.5, 0.6) is 5.75 Å². The monoisotopic (exact) mass is 233 g/mol. The van der Waals surface area contributed by atoms with E-state index < -0.39 is 0 Å². The van der Waals surface area contributed by atoms with Gasteiger partial charge in [-0.15, -0.1) is 0 Å². The molecule has 0 amide bonds. The number of nitrogens with two attached hydrogens (primary N) is 1. The molecule has 1 heterocycles. The lowest BCUT2D eigenvalue weighted by atomic mass is 10.3. The van der Waals surface area contributed by atoms with Gasteiger partial charge in [0, 0.05) is 12.1 Å². The van der Waals surface area contributed by atoms with Crippen molar-refractivity contribution in [2.45, 2.75) is 6.10 Å². The Bertz CT molecular complexity index is 330. The van der Waals surface area contributed by atoms with E-state index >= 15 is 0 Å². The van der Waals surface area contributed by atoms with Crippen LogP contribution in [0.1, 0.15) is 0 Å². The van der Waals surface area contributed by atoms with Crippen molar-refractivity contribution in [1.82, 2.24) is 0 Å². The van der Waals surface area contributed by atoms with Crippen LogP contribution in [-0.2, 0) is 4.74 Å². The molecular weight excluding hydrogens is 225 g/mol. The maximum Gasteiger partial charge on any atom is 0.122 e. The van der Waals surface area contributed by atoms with Crippen molar-refractivity contribution in [2.24, 2.45) is 0 Å². The summed E-state index contributed by atoms with van der Waals surface area (Å²) < 4.78 is 10.4. The van der Waals surface area contributed by atoms with E-state index in [-0.39, 0.29) is 6.10 Å². The van der Waals surface area contributed by atoms with E-state index in [0.29, 0.717) is 28.1 Å². The van der Waals surface area contributed by atoms with Gasteiger partial charge in [0.05, 0.1) is 22.3 Å². The zero-order chi connectivity index (χ0) is 10.1. The fourth-order valence-electron chi connectivity index (χ4n) is 0.998. The highest BCUT2D eigenvalue weighted by Crippen LogP contribution is 2.32. The average Bonchev–Trinajstić information content (AvgIpc) is 2.94. The van der Waals surface area contributed by atoms with Crippen LogP contribution in [0.15, 0.2) is 12.1 Å². The predicted molar refractivity (Wildman–Crippen MR) is 56.1 cm³/mol. The van der Waals surface area contributed by atoms with E-state index in [0.717, 1.165) is 6.61 Å². The van der Waals surface area contributed by atoms with Crippen LogP contribution >= 0.6 is 23.2 Å². The van der Waals surface area contributed by atoms with E-state index in [1.54, 1.807) is 12.1 Å². The second kappa shape index (κ2) is 3.85. The lowest BCUT2D eigenvalue weighted by molar-refractivity contribution is 0.263. The zero-order valence-corrected chi connectivity index (χ0v) is 8.81. The molecule has 1 fully saturated rings. The van der Waals surface area contributed by atoms with Crippen LogP contribution in [0.2, 0.25) is 10.0 Å². The molecule has 2 N–H and O–H groups in total. The van der Waals surface area contributed by atoms with Crippen LogP contribution in [0.25, 0.3) is 0 Å². The number of nitrogen functional groups attached to an aromatic ring is 1. The Morgan fingerprint density at radius 3 is 2.50 bits per heavy atom. The van der Waals surface area contributed by atoms with E-state index in [1.807, 2.05) is 0 Å². The summed E-state index contributed by atoms with van der Waals surface area (Å²) in [6.45, 7) is 1.28. The lowest BCUT2D eigenvalue weighted by Crippen LogP contribution is -2.04. The van der Waals surface area contributed by atoms with Crippen molar-refractivity contribution in [1.29, 1.82) is 0 Å². The molecule has 2 rings (SSSR count). The molecule has 0 spiro atoms. The van der Waals surface area contributed by atoms with Crippen molar-refractivity contribution in [3.8, 4) is 5.75 Å². The Morgan fingerprint density at radius 1 is 1.43 bits per heavy atom. The minimum Gasteiger partial charge on any atom is -0.491 e. The molecule has 14 heavy (non-hydrogen) atoms. The van der Waals surface area contributed by atoms with E-state index in [2.05, 4.69) is 0 Å². The van der Waals surface area contributed by atoms with E-state index in [4.69, 9.17) is 38.4 Å². The molecule has 76 valence electrons. The molecule has 1 atom stereocenters. The molecule has 5 heteroatoms. The predicted octanol–water partition coefficient (Wildman–Crippen LogP) is 2.35. The van der Waals surface area contributed by atoms with Crippen LogP contribution in [0.3, 0.4) is 0 Å². The summed E-state index contributed by atoms with van der Waals surface area (Å²) in [6.07, 6.45) is 0.213. The standard InChI is InChI=1S/C9H9Cl2NO2/c10-7-1-5(2-8(11)9(7)12)13-3-6-4-14-6/h1-2,6H,3-4,12H2/t6-/m1/s1. The van der Waals surface area contributed by atoms with Gasteiger partial charge in [-0.05, 0) is 0 Å². The van der Waals surface area contributed by atoms with E-state index in [9.17, 15) is 0 Å². The summed E-state index contributed by atoms with van der Waals surface area (Å²) in [5.74, 6) is 0.615. The third kappa shape index (κ3) is 2.23. The second-order valence-corrected chi connectivity index (χ2v) is 3.88. The number of ether oxygens (including phenoxy) is 2. The average molecular weight is 234 g/mol. The number of halogens is 2. The van der Waals surface area contributed by atoms with Gasteiger partial charge in [0.2, 0.25) is 0 Å². The van der Waals surface area contributed by atoms with Crippen molar-refractivity contribution >= 4 is 28.9 Å². The smallest absolute Gasteiger partial charge is 0.122 e. The van der Waals surface area contributed by atoms with Crippen LogP contribution in [-0.4, -0.2) is 19.3 Å². The van der Waals surface area contributed by atoms with Gasteiger partial charge in [0.15, 0.2) is 0 Å². The number of rotatable bonds is 3. The van der Waals surface area contributed by atoms with Gasteiger partial charge in [-0.3, -0.25) is 0 Å². The summed E-state index contributed by atoms with van der Waals surface area (Å²) in [7, 11) is 0. The first-order valence-electron chi connectivity index (χ1n) is 4.16. The Hall–Kier alpha value is -0.640.